The van der Waals surface area contributed by atoms with E-state index in [-0.39, 0.29) is 5.91 Å². The van der Waals surface area contributed by atoms with Gasteiger partial charge in [-0.05, 0) is 43.3 Å². The molecule has 1 aliphatic heterocycles. The van der Waals surface area contributed by atoms with E-state index in [1.165, 1.54) is 0 Å². The molecule has 3 heterocycles. The predicted octanol–water partition coefficient (Wildman–Crippen LogP) is 2.65. The highest BCUT2D eigenvalue weighted by Gasteiger charge is 2.26. The molecule has 0 spiro atoms. The predicted molar refractivity (Wildman–Crippen MR) is 111 cm³/mol. The van der Waals surface area contributed by atoms with Crippen molar-refractivity contribution in [2.75, 3.05) is 31.1 Å². The number of piperazine rings is 1. The highest BCUT2D eigenvalue weighted by atomic mass is 16.5. The molecule has 7 nitrogen and oxygen atoms in total. The Labute approximate surface area is 170 Å². The largest absolute Gasteiger partial charge is 0.481 e. The van der Waals surface area contributed by atoms with Crippen molar-refractivity contribution in [2.45, 2.75) is 13.0 Å². The quantitative estimate of drug-likeness (QED) is 0.668. The molecule has 3 aromatic rings. The standard InChI is InChI=1S/C22H23N5O2/c1-17(29-18-7-3-2-4-8-18)22(28)27-15-13-26(14-16-27)21-11-10-20(24-25-21)19-9-5-6-12-23-19/h2-12,17H,13-16H2,1H3. The number of carbonyl (C=O) groups excluding carboxylic acids is 1. The average Bonchev–Trinajstić information content (AvgIpc) is 2.80. The molecule has 4 rings (SSSR count). The van der Waals surface area contributed by atoms with Crippen LogP contribution in [0.5, 0.6) is 5.75 Å². The molecule has 7 heteroatoms. The van der Waals surface area contributed by atoms with E-state index in [9.17, 15) is 4.79 Å². The first-order valence-corrected chi connectivity index (χ1v) is 9.71. The van der Waals surface area contributed by atoms with Gasteiger partial charge in [-0.2, -0.15) is 0 Å². The molecule has 0 aliphatic carbocycles. The number of rotatable bonds is 5. The van der Waals surface area contributed by atoms with Gasteiger partial charge >= 0.3 is 0 Å². The number of carbonyl (C=O) groups is 1. The monoisotopic (exact) mass is 389 g/mol. The van der Waals surface area contributed by atoms with Gasteiger partial charge < -0.3 is 14.5 Å². The summed E-state index contributed by atoms with van der Waals surface area (Å²) in [5.74, 6) is 1.52. The maximum atomic E-state index is 12.7. The van der Waals surface area contributed by atoms with Crippen LogP contribution < -0.4 is 9.64 Å². The van der Waals surface area contributed by atoms with Gasteiger partial charge in [0.2, 0.25) is 0 Å². The van der Waals surface area contributed by atoms with Crippen LogP contribution in [0, 0.1) is 0 Å². The first-order chi connectivity index (χ1) is 14.2. The normalized spacial score (nSPS) is 15.1. The lowest BCUT2D eigenvalue weighted by molar-refractivity contribution is -0.138. The summed E-state index contributed by atoms with van der Waals surface area (Å²) in [5, 5.41) is 8.65. The second kappa shape index (κ2) is 8.68. The van der Waals surface area contributed by atoms with Crippen LogP contribution in [0.15, 0.2) is 66.9 Å². The first kappa shape index (κ1) is 18.9. The van der Waals surface area contributed by atoms with Crippen LogP contribution in [0.3, 0.4) is 0 Å². The van der Waals surface area contributed by atoms with Gasteiger partial charge in [-0.1, -0.05) is 24.3 Å². The molecular weight excluding hydrogens is 366 g/mol. The van der Waals surface area contributed by atoms with E-state index in [0.29, 0.717) is 31.9 Å². The van der Waals surface area contributed by atoms with Crippen LogP contribution in [-0.2, 0) is 4.79 Å². The van der Waals surface area contributed by atoms with E-state index in [1.54, 1.807) is 13.1 Å². The number of hydrogen-bond acceptors (Lipinski definition) is 6. The third kappa shape index (κ3) is 4.51. The highest BCUT2D eigenvalue weighted by molar-refractivity contribution is 5.81. The van der Waals surface area contributed by atoms with Gasteiger partial charge in [-0.25, -0.2) is 0 Å². The molecule has 1 atom stereocenters. The number of pyridine rings is 1. The van der Waals surface area contributed by atoms with E-state index < -0.39 is 6.10 Å². The molecule has 1 fully saturated rings. The number of hydrogen-bond donors (Lipinski definition) is 0. The Hall–Kier alpha value is -3.48. The van der Waals surface area contributed by atoms with Gasteiger partial charge in [0.05, 0.1) is 5.69 Å². The second-order valence-electron chi connectivity index (χ2n) is 6.88. The zero-order valence-corrected chi connectivity index (χ0v) is 16.3. The SMILES string of the molecule is CC(Oc1ccccc1)C(=O)N1CCN(c2ccc(-c3ccccn3)nn2)CC1. The summed E-state index contributed by atoms with van der Waals surface area (Å²) in [5.41, 5.74) is 1.55. The Morgan fingerprint density at radius 3 is 2.31 bits per heavy atom. The Balaban J connectivity index is 1.32. The lowest BCUT2D eigenvalue weighted by Crippen LogP contribution is -2.52. The summed E-state index contributed by atoms with van der Waals surface area (Å²) in [6.07, 6.45) is 1.23. The van der Waals surface area contributed by atoms with Gasteiger partial charge in [0, 0.05) is 32.4 Å². The lowest BCUT2D eigenvalue weighted by Gasteiger charge is -2.36. The molecular formula is C22H23N5O2. The van der Waals surface area contributed by atoms with E-state index in [1.807, 2.05) is 65.6 Å². The highest BCUT2D eigenvalue weighted by Crippen LogP contribution is 2.18. The number of ether oxygens (including phenoxy) is 1. The fraction of sp³-hybridized carbons (Fsp3) is 0.273. The lowest BCUT2D eigenvalue weighted by atomic mass is 10.2. The van der Waals surface area contributed by atoms with Gasteiger partial charge in [0.1, 0.15) is 11.4 Å². The van der Waals surface area contributed by atoms with Crippen LogP contribution in [0.4, 0.5) is 5.82 Å². The summed E-state index contributed by atoms with van der Waals surface area (Å²) in [4.78, 5) is 21.0. The summed E-state index contributed by atoms with van der Waals surface area (Å²) in [6, 6.07) is 19.0. The molecule has 0 bridgehead atoms. The van der Waals surface area contributed by atoms with Crippen molar-refractivity contribution in [3.8, 4) is 17.1 Å². The number of aromatic nitrogens is 3. The summed E-state index contributed by atoms with van der Waals surface area (Å²) in [6.45, 7) is 4.47. The molecule has 29 heavy (non-hydrogen) atoms. The van der Waals surface area contributed by atoms with Crippen LogP contribution in [0.2, 0.25) is 0 Å². The molecule has 1 saturated heterocycles. The summed E-state index contributed by atoms with van der Waals surface area (Å²) < 4.78 is 5.76. The van der Waals surface area contributed by atoms with Crippen LogP contribution in [0.25, 0.3) is 11.4 Å². The maximum absolute atomic E-state index is 12.7. The number of anilines is 1. The molecule has 1 amide bonds. The molecule has 0 radical (unpaired) electrons. The van der Waals surface area contributed by atoms with Crippen molar-refractivity contribution >= 4 is 11.7 Å². The zero-order valence-electron chi connectivity index (χ0n) is 16.3. The van der Waals surface area contributed by atoms with Crippen molar-refractivity contribution < 1.29 is 9.53 Å². The summed E-state index contributed by atoms with van der Waals surface area (Å²) >= 11 is 0. The first-order valence-electron chi connectivity index (χ1n) is 9.71. The number of para-hydroxylation sites is 1. The molecule has 1 unspecified atom stereocenters. The summed E-state index contributed by atoms with van der Waals surface area (Å²) in [7, 11) is 0. The van der Waals surface area contributed by atoms with E-state index >= 15 is 0 Å². The van der Waals surface area contributed by atoms with Gasteiger partial charge in [0.15, 0.2) is 11.9 Å². The van der Waals surface area contributed by atoms with E-state index in [4.69, 9.17) is 4.74 Å². The van der Waals surface area contributed by atoms with Crippen molar-refractivity contribution in [1.29, 1.82) is 0 Å². The van der Waals surface area contributed by atoms with Gasteiger partial charge in [-0.15, -0.1) is 10.2 Å². The molecule has 2 aromatic heterocycles. The topological polar surface area (TPSA) is 71.5 Å². The third-order valence-electron chi connectivity index (χ3n) is 4.90. The molecule has 1 aromatic carbocycles. The minimum absolute atomic E-state index is 0.00471. The Morgan fingerprint density at radius 2 is 1.66 bits per heavy atom. The zero-order chi connectivity index (χ0) is 20.1. The Kier molecular flexibility index (Phi) is 5.65. The van der Waals surface area contributed by atoms with Crippen LogP contribution in [-0.4, -0.2) is 58.3 Å². The smallest absolute Gasteiger partial charge is 0.263 e. The minimum atomic E-state index is -0.513. The van der Waals surface area contributed by atoms with Gasteiger partial charge in [-0.3, -0.25) is 9.78 Å². The second-order valence-corrected chi connectivity index (χ2v) is 6.88. The average molecular weight is 389 g/mol. The fourth-order valence-corrected chi connectivity index (χ4v) is 3.31. The third-order valence-corrected chi connectivity index (χ3v) is 4.90. The van der Waals surface area contributed by atoms with Crippen molar-refractivity contribution in [3.63, 3.8) is 0 Å². The number of nitrogens with zero attached hydrogens (tertiary/aromatic N) is 5. The van der Waals surface area contributed by atoms with E-state index in [0.717, 1.165) is 17.2 Å². The minimum Gasteiger partial charge on any atom is -0.481 e. The Bertz CT molecular complexity index is 926. The molecule has 0 saturated carbocycles. The van der Waals surface area contributed by atoms with Crippen LogP contribution >= 0.6 is 0 Å². The van der Waals surface area contributed by atoms with E-state index in [2.05, 4.69) is 20.1 Å². The van der Waals surface area contributed by atoms with Gasteiger partial charge in [0.25, 0.3) is 5.91 Å². The number of amides is 1. The maximum Gasteiger partial charge on any atom is 0.263 e. The van der Waals surface area contributed by atoms with Crippen LogP contribution in [0.1, 0.15) is 6.92 Å². The Morgan fingerprint density at radius 1 is 0.897 bits per heavy atom. The fourth-order valence-electron chi connectivity index (χ4n) is 3.31. The molecule has 0 N–H and O–H groups in total. The molecule has 1 aliphatic rings. The molecule has 148 valence electrons. The number of benzene rings is 1. The van der Waals surface area contributed by atoms with Crippen molar-refractivity contribution in [2.24, 2.45) is 0 Å². The van der Waals surface area contributed by atoms with Crippen molar-refractivity contribution in [3.05, 3.63) is 66.9 Å². The van der Waals surface area contributed by atoms with Crippen molar-refractivity contribution in [1.82, 2.24) is 20.1 Å².